The van der Waals surface area contributed by atoms with Crippen LogP contribution in [-0.4, -0.2) is 42.9 Å². The first-order valence-electron chi connectivity index (χ1n) is 9.25. The van der Waals surface area contributed by atoms with Crippen molar-refractivity contribution in [1.29, 1.82) is 0 Å². The summed E-state index contributed by atoms with van der Waals surface area (Å²) >= 11 is 0. The highest BCUT2D eigenvalue weighted by molar-refractivity contribution is 5.85. The highest BCUT2D eigenvalue weighted by Gasteiger charge is 2.44. The van der Waals surface area contributed by atoms with Gasteiger partial charge in [0, 0.05) is 31.6 Å². The average Bonchev–Trinajstić information content (AvgIpc) is 3.00. The number of hydrogen-bond acceptors (Lipinski definition) is 3. The molecular formula is C18H34ClN3O2. The first kappa shape index (κ1) is 21.2. The van der Waals surface area contributed by atoms with Crippen LogP contribution in [-0.2, 0) is 9.59 Å². The van der Waals surface area contributed by atoms with Crippen molar-refractivity contribution in [3.05, 3.63) is 0 Å². The van der Waals surface area contributed by atoms with Gasteiger partial charge in [0.2, 0.25) is 11.8 Å². The van der Waals surface area contributed by atoms with Crippen LogP contribution < -0.4 is 11.1 Å². The van der Waals surface area contributed by atoms with Gasteiger partial charge in [0.25, 0.3) is 0 Å². The predicted octanol–water partition coefficient (Wildman–Crippen LogP) is 2.33. The van der Waals surface area contributed by atoms with Gasteiger partial charge in [-0.05, 0) is 38.0 Å². The number of carbonyl (C=O) groups is 2. The highest BCUT2D eigenvalue weighted by Crippen LogP contribution is 2.45. The van der Waals surface area contributed by atoms with E-state index in [4.69, 9.17) is 5.73 Å². The van der Waals surface area contributed by atoms with Crippen LogP contribution in [0.3, 0.4) is 0 Å². The van der Waals surface area contributed by atoms with Crippen LogP contribution in [0.5, 0.6) is 0 Å². The van der Waals surface area contributed by atoms with Gasteiger partial charge < -0.3 is 16.0 Å². The van der Waals surface area contributed by atoms with Crippen LogP contribution in [0.2, 0.25) is 0 Å². The van der Waals surface area contributed by atoms with Gasteiger partial charge in [-0.2, -0.15) is 0 Å². The molecule has 140 valence electrons. The van der Waals surface area contributed by atoms with Crippen LogP contribution in [0.4, 0.5) is 0 Å². The Hall–Kier alpha value is -0.810. The Morgan fingerprint density at radius 3 is 2.50 bits per heavy atom. The van der Waals surface area contributed by atoms with E-state index in [1.54, 1.807) is 0 Å². The SMILES string of the molecule is CC(C)CC1(C(=O)N2CCCC(C(=O)NCCN)C2)CCCC1.Cl. The number of nitrogens with zero attached hydrogens (tertiary/aromatic N) is 1. The van der Waals surface area contributed by atoms with Gasteiger partial charge >= 0.3 is 0 Å². The maximum absolute atomic E-state index is 13.2. The fourth-order valence-electron chi connectivity index (χ4n) is 4.39. The Morgan fingerprint density at radius 1 is 1.25 bits per heavy atom. The van der Waals surface area contributed by atoms with Crippen LogP contribution in [0, 0.1) is 17.3 Å². The lowest BCUT2D eigenvalue weighted by molar-refractivity contribution is -0.146. The molecule has 24 heavy (non-hydrogen) atoms. The predicted molar refractivity (Wildman–Crippen MR) is 99.0 cm³/mol. The molecule has 1 unspecified atom stereocenters. The number of nitrogens with two attached hydrogens (primary N) is 1. The normalized spacial score (nSPS) is 23.0. The number of piperidine rings is 1. The molecule has 0 bridgehead atoms. The Balaban J connectivity index is 0.00000288. The summed E-state index contributed by atoms with van der Waals surface area (Å²) in [5, 5.41) is 2.87. The van der Waals surface area contributed by atoms with Gasteiger partial charge in [-0.3, -0.25) is 9.59 Å². The fraction of sp³-hybridized carbons (Fsp3) is 0.889. The minimum absolute atomic E-state index is 0. The molecule has 2 rings (SSSR count). The van der Waals surface area contributed by atoms with Gasteiger partial charge in [-0.1, -0.05) is 26.7 Å². The van der Waals surface area contributed by atoms with Gasteiger partial charge in [0.1, 0.15) is 0 Å². The lowest BCUT2D eigenvalue weighted by atomic mass is 9.76. The van der Waals surface area contributed by atoms with Crippen molar-refractivity contribution in [2.75, 3.05) is 26.2 Å². The second kappa shape index (κ2) is 9.62. The van der Waals surface area contributed by atoms with Gasteiger partial charge in [-0.15, -0.1) is 12.4 Å². The van der Waals surface area contributed by atoms with Crippen molar-refractivity contribution in [1.82, 2.24) is 10.2 Å². The van der Waals surface area contributed by atoms with Crippen molar-refractivity contribution in [2.45, 2.75) is 58.8 Å². The zero-order chi connectivity index (χ0) is 16.9. The summed E-state index contributed by atoms with van der Waals surface area (Å²) in [4.78, 5) is 27.4. The summed E-state index contributed by atoms with van der Waals surface area (Å²) in [5.74, 6) is 0.819. The first-order valence-corrected chi connectivity index (χ1v) is 9.25. The van der Waals surface area contributed by atoms with E-state index in [1.165, 1.54) is 0 Å². The van der Waals surface area contributed by atoms with E-state index in [0.29, 0.717) is 31.5 Å². The van der Waals surface area contributed by atoms with Crippen LogP contribution in [0.1, 0.15) is 58.8 Å². The molecule has 0 aromatic carbocycles. The van der Waals surface area contributed by atoms with Gasteiger partial charge in [0.15, 0.2) is 0 Å². The summed E-state index contributed by atoms with van der Waals surface area (Å²) in [5.41, 5.74) is 5.29. The molecule has 2 fully saturated rings. The molecule has 0 aromatic rings. The molecule has 1 saturated heterocycles. The van der Waals surface area contributed by atoms with Crippen molar-refractivity contribution >= 4 is 24.2 Å². The van der Waals surface area contributed by atoms with E-state index >= 15 is 0 Å². The largest absolute Gasteiger partial charge is 0.355 e. The number of amides is 2. The molecule has 0 aromatic heterocycles. The maximum atomic E-state index is 13.2. The molecule has 2 aliphatic rings. The highest BCUT2D eigenvalue weighted by atomic mass is 35.5. The topological polar surface area (TPSA) is 75.4 Å². The van der Waals surface area contributed by atoms with E-state index in [0.717, 1.165) is 51.5 Å². The summed E-state index contributed by atoms with van der Waals surface area (Å²) in [6.45, 7) is 6.76. The molecule has 1 heterocycles. The Bertz CT molecular complexity index is 422. The summed E-state index contributed by atoms with van der Waals surface area (Å²) < 4.78 is 0. The Labute approximate surface area is 152 Å². The minimum Gasteiger partial charge on any atom is -0.355 e. The molecule has 1 aliphatic heterocycles. The maximum Gasteiger partial charge on any atom is 0.228 e. The van der Waals surface area contributed by atoms with Gasteiger partial charge in [0.05, 0.1) is 5.92 Å². The number of rotatable bonds is 6. The number of halogens is 1. The standard InChI is InChI=1S/C18H33N3O2.ClH/c1-14(2)12-18(7-3-4-8-18)17(23)21-11-5-6-15(13-21)16(22)20-10-9-19;/h14-15H,3-13,19H2,1-2H3,(H,20,22);1H. The molecule has 0 radical (unpaired) electrons. The second-order valence-corrected chi connectivity index (χ2v) is 7.76. The lowest BCUT2D eigenvalue weighted by Gasteiger charge is -2.39. The third kappa shape index (κ3) is 5.09. The lowest BCUT2D eigenvalue weighted by Crippen LogP contribution is -2.50. The number of nitrogens with one attached hydrogen (secondary N) is 1. The number of carbonyl (C=O) groups excluding carboxylic acids is 2. The van der Waals surface area contributed by atoms with Crippen LogP contribution in [0.25, 0.3) is 0 Å². The monoisotopic (exact) mass is 359 g/mol. The van der Waals surface area contributed by atoms with Crippen molar-refractivity contribution in [2.24, 2.45) is 23.0 Å². The summed E-state index contributed by atoms with van der Waals surface area (Å²) in [7, 11) is 0. The molecule has 1 atom stereocenters. The zero-order valence-electron chi connectivity index (χ0n) is 15.2. The fourth-order valence-corrected chi connectivity index (χ4v) is 4.39. The van der Waals surface area contributed by atoms with Crippen LogP contribution in [0.15, 0.2) is 0 Å². The molecule has 1 aliphatic carbocycles. The molecule has 5 nitrogen and oxygen atoms in total. The zero-order valence-corrected chi connectivity index (χ0v) is 16.0. The second-order valence-electron chi connectivity index (χ2n) is 7.76. The van der Waals surface area contributed by atoms with E-state index in [1.807, 2.05) is 4.90 Å². The van der Waals surface area contributed by atoms with Gasteiger partial charge in [-0.25, -0.2) is 0 Å². The third-order valence-electron chi connectivity index (χ3n) is 5.34. The molecule has 1 saturated carbocycles. The van der Waals surface area contributed by atoms with E-state index in [-0.39, 0.29) is 29.6 Å². The Morgan fingerprint density at radius 2 is 1.92 bits per heavy atom. The average molecular weight is 360 g/mol. The number of likely N-dealkylation sites (tertiary alicyclic amines) is 1. The molecule has 0 spiro atoms. The molecule has 6 heteroatoms. The van der Waals surface area contributed by atoms with Crippen molar-refractivity contribution < 1.29 is 9.59 Å². The van der Waals surface area contributed by atoms with Crippen molar-refractivity contribution in [3.63, 3.8) is 0 Å². The minimum atomic E-state index is -0.163. The van der Waals surface area contributed by atoms with Crippen molar-refractivity contribution in [3.8, 4) is 0 Å². The van der Waals surface area contributed by atoms with E-state index in [2.05, 4.69) is 19.2 Å². The third-order valence-corrected chi connectivity index (χ3v) is 5.34. The van der Waals surface area contributed by atoms with E-state index in [9.17, 15) is 9.59 Å². The quantitative estimate of drug-likeness (QED) is 0.764. The first-order chi connectivity index (χ1) is 11.0. The Kier molecular flexibility index (Phi) is 8.51. The smallest absolute Gasteiger partial charge is 0.228 e. The summed E-state index contributed by atoms with van der Waals surface area (Å²) in [6, 6.07) is 0. The van der Waals surface area contributed by atoms with Crippen LogP contribution >= 0.6 is 12.4 Å². The number of hydrogen-bond donors (Lipinski definition) is 2. The molecule has 2 amide bonds. The molecule has 3 N–H and O–H groups in total. The molecular weight excluding hydrogens is 326 g/mol. The van der Waals surface area contributed by atoms with E-state index < -0.39 is 0 Å². The summed E-state index contributed by atoms with van der Waals surface area (Å²) in [6.07, 6.45) is 7.13.